The summed E-state index contributed by atoms with van der Waals surface area (Å²) < 4.78 is 27.4. The zero-order chi connectivity index (χ0) is 21.0. The van der Waals surface area contributed by atoms with Crippen LogP contribution < -0.4 is 4.72 Å². The van der Waals surface area contributed by atoms with Crippen molar-refractivity contribution in [2.24, 2.45) is 0 Å². The minimum atomic E-state index is -3.59. The fourth-order valence-electron chi connectivity index (χ4n) is 3.32. The molecule has 2 aromatic heterocycles. The van der Waals surface area contributed by atoms with Crippen molar-refractivity contribution in [1.82, 2.24) is 14.8 Å². The second kappa shape index (κ2) is 8.95. The van der Waals surface area contributed by atoms with Crippen molar-refractivity contribution in [3.05, 3.63) is 77.4 Å². The van der Waals surface area contributed by atoms with Crippen LogP contribution in [-0.4, -0.2) is 55.3 Å². The van der Waals surface area contributed by atoms with E-state index in [0.717, 1.165) is 36.7 Å². The molecule has 0 saturated carbocycles. The molecule has 1 aliphatic rings. The Morgan fingerprint density at radius 1 is 1.00 bits per heavy atom. The fraction of sp³-hybridized carbons (Fsp3) is 0.238. The van der Waals surface area contributed by atoms with E-state index in [4.69, 9.17) is 0 Å². The number of anilines is 1. The minimum absolute atomic E-state index is 0.0415. The molecule has 1 N–H and O–H groups in total. The van der Waals surface area contributed by atoms with Crippen LogP contribution >= 0.6 is 11.3 Å². The van der Waals surface area contributed by atoms with E-state index in [0.29, 0.717) is 24.3 Å². The van der Waals surface area contributed by atoms with Gasteiger partial charge in [-0.15, -0.1) is 11.3 Å². The van der Waals surface area contributed by atoms with Crippen molar-refractivity contribution in [2.45, 2.75) is 10.8 Å². The van der Waals surface area contributed by atoms with Gasteiger partial charge in [0, 0.05) is 50.2 Å². The zero-order valence-electron chi connectivity index (χ0n) is 16.3. The number of rotatable bonds is 6. The summed E-state index contributed by atoms with van der Waals surface area (Å²) in [6.07, 6.45) is 1.79. The number of sulfonamides is 1. The van der Waals surface area contributed by atoms with Crippen LogP contribution in [0.3, 0.4) is 0 Å². The number of nitrogens with zero attached hydrogens (tertiary/aromatic N) is 3. The zero-order valence-corrected chi connectivity index (χ0v) is 17.9. The van der Waals surface area contributed by atoms with Gasteiger partial charge in [0.1, 0.15) is 4.21 Å². The van der Waals surface area contributed by atoms with Gasteiger partial charge in [-0.1, -0.05) is 12.1 Å². The summed E-state index contributed by atoms with van der Waals surface area (Å²) in [5.74, 6) is -0.0415. The van der Waals surface area contributed by atoms with E-state index in [1.54, 1.807) is 48.0 Å². The Bertz CT molecular complexity index is 1080. The van der Waals surface area contributed by atoms with Crippen molar-refractivity contribution in [1.29, 1.82) is 0 Å². The summed E-state index contributed by atoms with van der Waals surface area (Å²) in [6.45, 7) is 3.67. The van der Waals surface area contributed by atoms with Crippen LogP contribution in [0, 0.1) is 0 Å². The maximum atomic E-state index is 12.8. The quantitative estimate of drug-likeness (QED) is 0.635. The summed E-state index contributed by atoms with van der Waals surface area (Å²) >= 11 is 1.16. The molecule has 30 heavy (non-hydrogen) atoms. The Hall–Kier alpha value is -2.75. The van der Waals surface area contributed by atoms with Crippen LogP contribution in [-0.2, 0) is 16.6 Å². The highest BCUT2D eigenvalue weighted by Crippen LogP contribution is 2.21. The molecule has 0 bridgehead atoms. The number of hydrogen-bond donors (Lipinski definition) is 1. The Labute approximate surface area is 180 Å². The molecule has 156 valence electrons. The highest BCUT2D eigenvalue weighted by molar-refractivity contribution is 7.94. The minimum Gasteiger partial charge on any atom is -0.336 e. The lowest BCUT2D eigenvalue weighted by atomic mass is 10.1. The third kappa shape index (κ3) is 4.86. The predicted octanol–water partition coefficient (Wildman–Crippen LogP) is 2.90. The molecule has 1 fully saturated rings. The van der Waals surface area contributed by atoms with E-state index >= 15 is 0 Å². The number of aromatic nitrogens is 1. The summed E-state index contributed by atoms with van der Waals surface area (Å²) in [5.41, 5.74) is 2.00. The smallest absolute Gasteiger partial charge is 0.271 e. The Morgan fingerprint density at radius 2 is 1.77 bits per heavy atom. The Kier molecular flexibility index (Phi) is 6.12. The molecule has 4 rings (SSSR count). The number of nitrogens with one attached hydrogen (secondary N) is 1. The van der Waals surface area contributed by atoms with E-state index in [2.05, 4.69) is 14.6 Å². The number of carbonyl (C=O) groups excluding carboxylic acids is 1. The van der Waals surface area contributed by atoms with Gasteiger partial charge in [-0.05, 0) is 47.8 Å². The lowest BCUT2D eigenvalue weighted by Gasteiger charge is -2.34. The first kappa shape index (κ1) is 20.5. The lowest BCUT2D eigenvalue weighted by molar-refractivity contribution is 0.0627. The summed E-state index contributed by atoms with van der Waals surface area (Å²) in [6, 6.07) is 15.7. The molecule has 0 aliphatic carbocycles. The second-order valence-corrected chi connectivity index (χ2v) is 9.86. The Balaban J connectivity index is 1.33. The maximum Gasteiger partial charge on any atom is 0.271 e. The number of benzene rings is 1. The van der Waals surface area contributed by atoms with Gasteiger partial charge >= 0.3 is 0 Å². The lowest BCUT2D eigenvalue weighted by Crippen LogP contribution is -2.48. The molecule has 1 aliphatic heterocycles. The van der Waals surface area contributed by atoms with Gasteiger partial charge in [-0.2, -0.15) is 0 Å². The van der Waals surface area contributed by atoms with E-state index in [-0.39, 0.29) is 10.1 Å². The molecular weight excluding hydrogens is 420 g/mol. The molecule has 3 aromatic rings. The van der Waals surface area contributed by atoms with Crippen LogP contribution in [0.4, 0.5) is 5.69 Å². The SMILES string of the molecule is O=C(c1ccc(NS(=O)(=O)c2cccs2)cc1)N1CCN(Cc2ccccn2)CC1. The molecule has 1 amide bonds. The van der Waals surface area contributed by atoms with Gasteiger partial charge in [0.2, 0.25) is 0 Å². The molecule has 9 heteroatoms. The predicted molar refractivity (Wildman–Crippen MR) is 117 cm³/mol. The van der Waals surface area contributed by atoms with Crippen molar-refractivity contribution in [3.8, 4) is 0 Å². The molecule has 0 radical (unpaired) electrons. The van der Waals surface area contributed by atoms with Gasteiger partial charge in [-0.3, -0.25) is 19.4 Å². The van der Waals surface area contributed by atoms with Crippen molar-refractivity contribution >= 4 is 33.0 Å². The third-order valence-electron chi connectivity index (χ3n) is 4.92. The third-order valence-corrected chi connectivity index (χ3v) is 7.69. The first-order chi connectivity index (χ1) is 14.5. The van der Waals surface area contributed by atoms with E-state index in [1.807, 2.05) is 23.1 Å². The number of amides is 1. The van der Waals surface area contributed by atoms with Crippen molar-refractivity contribution in [3.63, 3.8) is 0 Å². The first-order valence-corrected chi connectivity index (χ1v) is 12.0. The van der Waals surface area contributed by atoms with E-state index < -0.39 is 10.0 Å². The summed E-state index contributed by atoms with van der Waals surface area (Å²) in [7, 11) is -3.59. The molecule has 1 aromatic carbocycles. The van der Waals surface area contributed by atoms with Gasteiger partial charge in [0.25, 0.3) is 15.9 Å². The van der Waals surface area contributed by atoms with E-state index in [9.17, 15) is 13.2 Å². The van der Waals surface area contributed by atoms with Crippen LogP contribution in [0.2, 0.25) is 0 Å². The van der Waals surface area contributed by atoms with Crippen LogP contribution in [0.1, 0.15) is 16.1 Å². The topological polar surface area (TPSA) is 82.6 Å². The first-order valence-electron chi connectivity index (χ1n) is 9.59. The van der Waals surface area contributed by atoms with E-state index in [1.165, 1.54) is 0 Å². The molecule has 1 saturated heterocycles. The summed E-state index contributed by atoms with van der Waals surface area (Å²) in [4.78, 5) is 21.3. The second-order valence-electron chi connectivity index (χ2n) is 7.00. The normalized spacial score (nSPS) is 15.1. The fourth-order valence-corrected chi connectivity index (χ4v) is 5.37. The molecule has 0 unspecified atom stereocenters. The molecule has 0 spiro atoms. The molecule has 7 nitrogen and oxygen atoms in total. The molecule has 0 atom stereocenters. The number of thiophene rings is 1. The number of pyridine rings is 1. The summed E-state index contributed by atoms with van der Waals surface area (Å²) in [5, 5.41) is 1.71. The van der Waals surface area contributed by atoms with Crippen LogP contribution in [0.5, 0.6) is 0 Å². The van der Waals surface area contributed by atoms with Gasteiger partial charge in [-0.25, -0.2) is 8.42 Å². The highest BCUT2D eigenvalue weighted by atomic mass is 32.2. The van der Waals surface area contributed by atoms with Gasteiger partial charge in [0.15, 0.2) is 0 Å². The number of hydrogen-bond acceptors (Lipinski definition) is 6. The van der Waals surface area contributed by atoms with Crippen LogP contribution in [0.25, 0.3) is 0 Å². The monoisotopic (exact) mass is 442 g/mol. The maximum absolute atomic E-state index is 12.8. The van der Waals surface area contributed by atoms with Gasteiger partial charge < -0.3 is 4.90 Å². The van der Waals surface area contributed by atoms with Crippen molar-refractivity contribution in [2.75, 3.05) is 30.9 Å². The molecule has 3 heterocycles. The average molecular weight is 443 g/mol. The Morgan fingerprint density at radius 3 is 2.40 bits per heavy atom. The highest BCUT2D eigenvalue weighted by Gasteiger charge is 2.22. The standard InChI is InChI=1S/C21H22N4O3S2/c26-21(25-13-11-24(12-14-25)16-19-4-1-2-10-22-19)17-6-8-18(9-7-17)23-30(27,28)20-5-3-15-29-20/h1-10,15,23H,11-14,16H2. The largest absolute Gasteiger partial charge is 0.336 e. The number of carbonyl (C=O) groups is 1. The molecular formula is C21H22N4O3S2. The van der Waals surface area contributed by atoms with Crippen molar-refractivity contribution < 1.29 is 13.2 Å². The van der Waals surface area contributed by atoms with Gasteiger partial charge in [0.05, 0.1) is 5.69 Å². The average Bonchev–Trinajstić information content (AvgIpc) is 3.31. The number of piperazine rings is 1. The van der Waals surface area contributed by atoms with Crippen LogP contribution in [0.15, 0.2) is 70.4 Å².